The molecule has 0 fully saturated rings. The topological polar surface area (TPSA) is 94.6 Å². The van der Waals surface area contributed by atoms with Crippen LogP contribution in [-0.4, -0.2) is 52.8 Å². The van der Waals surface area contributed by atoms with Crippen LogP contribution in [0.15, 0.2) is 59.9 Å². The van der Waals surface area contributed by atoms with Crippen molar-refractivity contribution in [1.82, 2.24) is 25.4 Å². The Morgan fingerprint density at radius 1 is 1.23 bits per heavy atom. The van der Waals surface area contributed by atoms with Gasteiger partial charge < -0.3 is 15.5 Å². The Kier molecular flexibility index (Phi) is 5.41. The van der Waals surface area contributed by atoms with Crippen molar-refractivity contribution in [2.75, 3.05) is 20.1 Å². The minimum atomic E-state index is -0.661. The van der Waals surface area contributed by atoms with Gasteiger partial charge in [0.15, 0.2) is 0 Å². The Bertz CT molecular complexity index is 1040. The second kappa shape index (κ2) is 8.16. The number of halogens is 1. The van der Waals surface area contributed by atoms with Crippen LogP contribution in [-0.2, 0) is 16.1 Å². The first-order chi connectivity index (χ1) is 14.5. The van der Waals surface area contributed by atoms with Crippen LogP contribution >= 0.6 is 11.6 Å². The smallest absolute Gasteiger partial charge is 0.322 e. The Labute approximate surface area is 178 Å². The number of carbonyl (C=O) groups is 3. The third-order valence-electron chi connectivity index (χ3n) is 5.18. The van der Waals surface area contributed by atoms with E-state index in [0.29, 0.717) is 21.9 Å². The van der Waals surface area contributed by atoms with E-state index >= 15 is 0 Å². The number of benzene rings is 1. The third-order valence-corrected chi connectivity index (χ3v) is 5.52. The second-order valence-electron chi connectivity index (χ2n) is 7.08. The first-order valence-electron chi connectivity index (χ1n) is 9.43. The van der Waals surface area contributed by atoms with E-state index in [9.17, 15) is 14.4 Å². The van der Waals surface area contributed by atoms with Crippen molar-refractivity contribution < 1.29 is 14.4 Å². The maximum Gasteiger partial charge on any atom is 0.322 e. The molecule has 1 aromatic carbocycles. The van der Waals surface area contributed by atoms with E-state index in [0.717, 1.165) is 5.69 Å². The number of carbonyl (C=O) groups excluding carboxylic acids is 3. The summed E-state index contributed by atoms with van der Waals surface area (Å²) >= 11 is 6.32. The number of likely N-dealkylation sites (N-methyl/N-ethyl adjacent to an activating group) is 1. The van der Waals surface area contributed by atoms with Crippen LogP contribution in [0.4, 0.5) is 4.79 Å². The number of nitrogens with one attached hydrogen (secondary N) is 2. The molecule has 154 valence electrons. The normalized spacial score (nSPS) is 18.4. The molecule has 4 rings (SSSR count). The van der Waals surface area contributed by atoms with Crippen molar-refractivity contribution in [1.29, 1.82) is 0 Å². The van der Waals surface area contributed by atoms with E-state index in [1.165, 1.54) is 9.80 Å². The van der Waals surface area contributed by atoms with Gasteiger partial charge in [0.25, 0.3) is 5.91 Å². The van der Waals surface area contributed by atoms with Crippen molar-refractivity contribution in [3.63, 3.8) is 0 Å². The summed E-state index contributed by atoms with van der Waals surface area (Å²) in [6.45, 7) is 0.336. The van der Waals surface area contributed by atoms with E-state index in [1.54, 1.807) is 43.6 Å². The molecule has 0 bridgehead atoms. The van der Waals surface area contributed by atoms with Crippen LogP contribution in [0.1, 0.15) is 17.3 Å². The van der Waals surface area contributed by atoms with E-state index in [4.69, 9.17) is 11.6 Å². The predicted molar refractivity (Wildman–Crippen MR) is 110 cm³/mol. The largest absolute Gasteiger partial charge is 0.349 e. The lowest BCUT2D eigenvalue weighted by molar-refractivity contribution is -0.132. The zero-order valence-corrected chi connectivity index (χ0v) is 17.0. The summed E-state index contributed by atoms with van der Waals surface area (Å²) in [7, 11) is 1.60. The first kappa shape index (κ1) is 19.9. The van der Waals surface area contributed by atoms with Crippen molar-refractivity contribution in [3.8, 4) is 0 Å². The Morgan fingerprint density at radius 2 is 2.00 bits per heavy atom. The number of hydrogen-bond acceptors (Lipinski definition) is 4. The summed E-state index contributed by atoms with van der Waals surface area (Å²) in [6.07, 6.45) is 1.65. The van der Waals surface area contributed by atoms with Crippen molar-refractivity contribution in [2.45, 2.75) is 12.6 Å². The molecule has 0 spiro atoms. The summed E-state index contributed by atoms with van der Waals surface area (Å²) in [4.78, 5) is 45.0. The van der Waals surface area contributed by atoms with Gasteiger partial charge in [-0.05, 0) is 23.8 Å². The van der Waals surface area contributed by atoms with Crippen LogP contribution in [0.5, 0.6) is 0 Å². The highest BCUT2D eigenvalue weighted by Gasteiger charge is 2.43. The standard InChI is InChI=1S/C21H20ClN5O3/c1-26-16-11-27(12-17(28)24-10-13-6-4-5-9-23-13)20(29)18(16)19(25-21(26)30)14-7-2-3-8-15(14)22/h2-9,19H,10-12H2,1H3,(H,24,28)(H,25,30). The number of aromatic nitrogens is 1. The van der Waals surface area contributed by atoms with Gasteiger partial charge in [0.1, 0.15) is 6.54 Å². The summed E-state index contributed by atoms with van der Waals surface area (Å²) in [5, 5.41) is 6.06. The molecule has 1 aromatic heterocycles. The van der Waals surface area contributed by atoms with Crippen LogP contribution in [0.2, 0.25) is 5.02 Å². The summed E-state index contributed by atoms with van der Waals surface area (Å²) < 4.78 is 0. The van der Waals surface area contributed by atoms with Gasteiger partial charge in [-0.2, -0.15) is 0 Å². The SMILES string of the molecule is CN1C(=O)NC(c2ccccc2Cl)C2=C1CN(CC(=O)NCc1ccccn1)C2=O. The highest BCUT2D eigenvalue weighted by Crippen LogP contribution is 2.37. The van der Waals surface area contributed by atoms with E-state index in [2.05, 4.69) is 15.6 Å². The maximum atomic E-state index is 13.2. The van der Waals surface area contributed by atoms with Gasteiger partial charge in [0.05, 0.1) is 36.1 Å². The Balaban J connectivity index is 1.51. The molecule has 0 aliphatic carbocycles. The molecule has 1 unspecified atom stereocenters. The average Bonchev–Trinajstić information content (AvgIpc) is 3.07. The van der Waals surface area contributed by atoms with Gasteiger partial charge in [-0.25, -0.2) is 4.79 Å². The predicted octanol–water partition coefficient (Wildman–Crippen LogP) is 1.84. The lowest BCUT2D eigenvalue weighted by atomic mass is 9.96. The summed E-state index contributed by atoms with van der Waals surface area (Å²) in [5.74, 6) is -0.597. The minimum Gasteiger partial charge on any atom is -0.349 e. The van der Waals surface area contributed by atoms with Gasteiger partial charge >= 0.3 is 6.03 Å². The van der Waals surface area contributed by atoms with Gasteiger partial charge in [0.2, 0.25) is 5.91 Å². The quantitative estimate of drug-likeness (QED) is 0.764. The molecule has 2 aromatic rings. The molecule has 9 heteroatoms. The molecule has 3 heterocycles. The monoisotopic (exact) mass is 425 g/mol. The Hall–Kier alpha value is -3.39. The zero-order valence-electron chi connectivity index (χ0n) is 16.3. The van der Waals surface area contributed by atoms with E-state index in [-0.39, 0.29) is 37.5 Å². The number of nitrogens with zero attached hydrogens (tertiary/aromatic N) is 3. The number of amides is 4. The van der Waals surface area contributed by atoms with Crippen LogP contribution in [0, 0.1) is 0 Å². The molecule has 2 aliphatic heterocycles. The fourth-order valence-corrected chi connectivity index (χ4v) is 3.86. The van der Waals surface area contributed by atoms with Crippen molar-refractivity contribution in [3.05, 3.63) is 76.2 Å². The van der Waals surface area contributed by atoms with E-state index in [1.807, 2.05) is 12.1 Å². The zero-order chi connectivity index (χ0) is 21.3. The molecule has 30 heavy (non-hydrogen) atoms. The third kappa shape index (κ3) is 3.73. The molecule has 2 aliphatic rings. The fourth-order valence-electron chi connectivity index (χ4n) is 3.61. The molecule has 8 nitrogen and oxygen atoms in total. The minimum absolute atomic E-state index is 0.115. The summed E-state index contributed by atoms with van der Waals surface area (Å²) in [6, 6.07) is 11.5. The summed E-state index contributed by atoms with van der Waals surface area (Å²) in [5.41, 5.74) is 2.38. The first-order valence-corrected chi connectivity index (χ1v) is 9.81. The molecule has 1 atom stereocenters. The molecule has 0 radical (unpaired) electrons. The molecular formula is C21H20ClN5O3. The van der Waals surface area contributed by atoms with E-state index < -0.39 is 6.04 Å². The number of rotatable bonds is 5. The maximum absolute atomic E-state index is 13.2. The van der Waals surface area contributed by atoms with Crippen molar-refractivity contribution >= 4 is 29.4 Å². The molecule has 0 saturated heterocycles. The highest BCUT2D eigenvalue weighted by molar-refractivity contribution is 6.31. The number of hydrogen-bond donors (Lipinski definition) is 2. The lowest BCUT2D eigenvalue weighted by Gasteiger charge is -2.31. The van der Waals surface area contributed by atoms with Gasteiger partial charge in [-0.1, -0.05) is 35.9 Å². The van der Waals surface area contributed by atoms with Gasteiger partial charge in [-0.3, -0.25) is 19.5 Å². The van der Waals surface area contributed by atoms with Gasteiger partial charge in [-0.15, -0.1) is 0 Å². The number of urea groups is 1. The van der Waals surface area contributed by atoms with Gasteiger partial charge in [0, 0.05) is 18.3 Å². The average molecular weight is 426 g/mol. The van der Waals surface area contributed by atoms with Crippen LogP contribution in [0.25, 0.3) is 0 Å². The molecule has 4 amide bonds. The van der Waals surface area contributed by atoms with Crippen LogP contribution in [0.3, 0.4) is 0 Å². The Morgan fingerprint density at radius 3 is 2.73 bits per heavy atom. The molecule has 0 saturated carbocycles. The van der Waals surface area contributed by atoms with Crippen LogP contribution < -0.4 is 10.6 Å². The molecule has 2 N–H and O–H groups in total. The highest BCUT2D eigenvalue weighted by atomic mass is 35.5. The lowest BCUT2D eigenvalue weighted by Crippen LogP contribution is -2.45. The fraction of sp³-hybridized carbons (Fsp3) is 0.238. The van der Waals surface area contributed by atoms with Crippen molar-refractivity contribution in [2.24, 2.45) is 0 Å². The second-order valence-corrected chi connectivity index (χ2v) is 7.49. The molecular weight excluding hydrogens is 406 g/mol. The number of pyridine rings is 1.